The molecule has 1 aliphatic rings. The van der Waals surface area contributed by atoms with Gasteiger partial charge in [-0.05, 0) is 54.2 Å². The van der Waals surface area contributed by atoms with Gasteiger partial charge in [0, 0.05) is 27.2 Å². The number of nitrogens with zero attached hydrogens (tertiary/aromatic N) is 1. The van der Waals surface area contributed by atoms with Crippen molar-refractivity contribution in [3.05, 3.63) is 85.9 Å². The molecule has 172 valence electrons. The van der Waals surface area contributed by atoms with Crippen molar-refractivity contribution >= 4 is 64.1 Å². The third-order valence-electron chi connectivity index (χ3n) is 4.86. The maximum atomic E-state index is 12.8. The summed E-state index contributed by atoms with van der Waals surface area (Å²) in [4.78, 5) is 49.1. The summed E-state index contributed by atoms with van der Waals surface area (Å²) < 4.78 is 5.68. The maximum Gasteiger partial charge on any atom is 0.335 e. The minimum Gasteiger partial charge on any atom is -0.478 e. The van der Waals surface area contributed by atoms with Crippen LogP contribution in [0.3, 0.4) is 0 Å². The van der Waals surface area contributed by atoms with Crippen molar-refractivity contribution in [2.45, 2.75) is 6.54 Å². The average Bonchev–Trinajstić information content (AvgIpc) is 3.35. The van der Waals surface area contributed by atoms with Crippen molar-refractivity contribution in [2.24, 2.45) is 0 Å². The number of hydrogen-bond donors (Lipinski definition) is 2. The number of amides is 2. The van der Waals surface area contributed by atoms with Gasteiger partial charge in [0.2, 0.25) is 0 Å². The summed E-state index contributed by atoms with van der Waals surface area (Å²) in [5.41, 5.74) is 0.250. The number of hydrogen-bond acceptors (Lipinski definition) is 6. The second-order valence-electron chi connectivity index (χ2n) is 7.08. The molecule has 1 aromatic heterocycles. The summed E-state index contributed by atoms with van der Waals surface area (Å²) in [6.07, 6.45) is 1.38. The first-order chi connectivity index (χ1) is 16.1. The lowest BCUT2D eigenvalue weighted by Gasteiger charge is -2.14. The summed E-state index contributed by atoms with van der Waals surface area (Å²) in [6, 6.07) is 11.5. The second kappa shape index (κ2) is 9.38. The number of rotatable bonds is 6. The number of aromatic carboxylic acids is 2. The van der Waals surface area contributed by atoms with Crippen molar-refractivity contribution in [3.8, 4) is 11.3 Å². The fraction of sp³-hybridized carbons (Fsp3) is 0.0435. The number of carbonyl (C=O) groups excluding carboxylic acids is 2. The largest absolute Gasteiger partial charge is 0.478 e. The highest BCUT2D eigenvalue weighted by atomic mass is 35.5. The molecule has 2 amide bonds. The molecule has 11 heteroatoms. The van der Waals surface area contributed by atoms with Gasteiger partial charge in [-0.1, -0.05) is 29.3 Å². The second-order valence-corrected chi connectivity index (χ2v) is 8.89. The summed E-state index contributed by atoms with van der Waals surface area (Å²) in [7, 11) is 0. The number of imide groups is 1. The van der Waals surface area contributed by atoms with Crippen LogP contribution in [0.15, 0.2) is 57.9 Å². The van der Waals surface area contributed by atoms with Crippen LogP contribution >= 0.6 is 35.0 Å². The Morgan fingerprint density at radius 2 is 1.59 bits per heavy atom. The molecule has 0 unspecified atom stereocenters. The molecule has 8 nitrogen and oxygen atoms in total. The molecule has 34 heavy (non-hydrogen) atoms. The van der Waals surface area contributed by atoms with Crippen molar-refractivity contribution in [1.29, 1.82) is 0 Å². The number of halogens is 2. The molecule has 0 aliphatic carbocycles. The Labute approximate surface area is 206 Å². The van der Waals surface area contributed by atoms with E-state index < -0.39 is 23.1 Å². The summed E-state index contributed by atoms with van der Waals surface area (Å²) >= 11 is 13.0. The fourth-order valence-electron chi connectivity index (χ4n) is 3.21. The number of carboxylic acids is 2. The predicted molar refractivity (Wildman–Crippen MR) is 126 cm³/mol. The predicted octanol–water partition coefficient (Wildman–Crippen LogP) is 5.89. The number of thioether (sulfide) groups is 1. The lowest BCUT2D eigenvalue weighted by molar-refractivity contribution is -0.123. The number of carbonyl (C=O) groups is 4. The summed E-state index contributed by atoms with van der Waals surface area (Å²) in [5, 5.41) is 18.7. The molecule has 0 saturated carbocycles. The Kier molecular flexibility index (Phi) is 6.52. The molecule has 2 heterocycles. The van der Waals surface area contributed by atoms with E-state index in [1.165, 1.54) is 30.3 Å². The molecular formula is C23H13Cl2NO7S. The average molecular weight is 518 g/mol. The lowest BCUT2D eigenvalue weighted by Crippen LogP contribution is -2.27. The SMILES string of the molecule is O=C(O)c1cc(C(=O)O)cc(-c2ccc(/C=C3\SC(=O)N(Cc4c(Cl)cccc4Cl)C3=O)o2)c1. The van der Waals surface area contributed by atoms with E-state index >= 15 is 0 Å². The Morgan fingerprint density at radius 1 is 0.971 bits per heavy atom. The van der Waals surface area contributed by atoms with Crippen molar-refractivity contribution < 1.29 is 33.8 Å². The molecule has 1 aliphatic heterocycles. The molecule has 2 aromatic carbocycles. The Bertz CT molecular complexity index is 1340. The van der Waals surface area contributed by atoms with Crippen LogP contribution in [0.5, 0.6) is 0 Å². The molecule has 4 rings (SSSR count). The first-order valence-electron chi connectivity index (χ1n) is 9.54. The third-order valence-corrected chi connectivity index (χ3v) is 6.48. The van der Waals surface area contributed by atoms with Crippen LogP contribution in [0, 0.1) is 0 Å². The summed E-state index contributed by atoms with van der Waals surface area (Å²) in [6.45, 7) is -0.0934. The molecular weight excluding hydrogens is 505 g/mol. The minimum absolute atomic E-state index is 0.0934. The zero-order valence-electron chi connectivity index (χ0n) is 17.0. The monoisotopic (exact) mass is 517 g/mol. The number of furan rings is 1. The zero-order chi connectivity index (χ0) is 24.6. The van der Waals surface area contributed by atoms with Gasteiger partial charge in [-0.3, -0.25) is 14.5 Å². The van der Waals surface area contributed by atoms with Gasteiger partial charge in [0.15, 0.2) is 0 Å². The topological polar surface area (TPSA) is 125 Å². The fourth-order valence-corrected chi connectivity index (χ4v) is 4.54. The Morgan fingerprint density at radius 3 is 2.18 bits per heavy atom. The Hall–Kier alpha value is -3.53. The van der Waals surface area contributed by atoms with Crippen LogP contribution in [-0.4, -0.2) is 38.2 Å². The zero-order valence-corrected chi connectivity index (χ0v) is 19.3. The van der Waals surface area contributed by atoms with Gasteiger partial charge in [0.25, 0.3) is 11.1 Å². The first kappa shape index (κ1) is 23.6. The van der Waals surface area contributed by atoms with Gasteiger partial charge in [-0.15, -0.1) is 0 Å². The molecule has 0 atom stereocenters. The molecule has 3 aromatic rings. The van der Waals surface area contributed by atoms with E-state index in [-0.39, 0.29) is 39.7 Å². The van der Waals surface area contributed by atoms with E-state index in [1.807, 2.05) is 0 Å². The standard InChI is InChI=1S/C23H13Cl2NO7S/c24-16-2-1-3-17(25)15(16)10-26-20(27)19(34-23(26)32)9-14-4-5-18(33-14)11-6-12(21(28)29)8-13(7-11)22(30)31/h1-9H,10H2,(H,28,29)(H,30,31)/b19-9-. The van der Waals surface area contributed by atoms with Crippen LogP contribution in [0.25, 0.3) is 17.4 Å². The Balaban J connectivity index is 1.61. The summed E-state index contributed by atoms with van der Waals surface area (Å²) in [5.74, 6) is -2.72. The maximum absolute atomic E-state index is 12.8. The molecule has 1 saturated heterocycles. The van der Waals surface area contributed by atoms with Crippen LogP contribution in [0.1, 0.15) is 32.0 Å². The van der Waals surface area contributed by atoms with Gasteiger partial charge < -0.3 is 14.6 Å². The molecule has 1 fully saturated rings. The van der Waals surface area contributed by atoms with E-state index in [2.05, 4.69) is 0 Å². The molecule has 0 radical (unpaired) electrons. The minimum atomic E-state index is -1.29. The molecule has 0 spiro atoms. The van der Waals surface area contributed by atoms with Gasteiger partial charge >= 0.3 is 11.9 Å². The van der Waals surface area contributed by atoms with Gasteiger partial charge in [0.05, 0.1) is 22.6 Å². The van der Waals surface area contributed by atoms with Crippen molar-refractivity contribution in [3.63, 3.8) is 0 Å². The van der Waals surface area contributed by atoms with Crippen molar-refractivity contribution in [2.75, 3.05) is 0 Å². The van der Waals surface area contributed by atoms with E-state index in [0.29, 0.717) is 15.6 Å². The van der Waals surface area contributed by atoms with Gasteiger partial charge in [-0.25, -0.2) is 9.59 Å². The van der Waals surface area contributed by atoms with E-state index in [4.69, 9.17) is 27.6 Å². The highest BCUT2D eigenvalue weighted by Gasteiger charge is 2.36. The lowest BCUT2D eigenvalue weighted by atomic mass is 10.0. The van der Waals surface area contributed by atoms with Gasteiger partial charge in [0.1, 0.15) is 11.5 Å². The number of benzene rings is 2. The highest BCUT2D eigenvalue weighted by Crippen LogP contribution is 2.36. The molecule has 2 N–H and O–H groups in total. The first-order valence-corrected chi connectivity index (χ1v) is 11.1. The van der Waals surface area contributed by atoms with Crippen LogP contribution in [-0.2, 0) is 11.3 Å². The van der Waals surface area contributed by atoms with E-state index in [1.54, 1.807) is 18.2 Å². The van der Waals surface area contributed by atoms with Crippen molar-refractivity contribution in [1.82, 2.24) is 4.90 Å². The highest BCUT2D eigenvalue weighted by molar-refractivity contribution is 8.18. The normalized spacial score (nSPS) is 14.8. The smallest absolute Gasteiger partial charge is 0.335 e. The van der Waals surface area contributed by atoms with Gasteiger partial charge in [-0.2, -0.15) is 0 Å². The molecule has 0 bridgehead atoms. The third kappa shape index (κ3) is 4.72. The van der Waals surface area contributed by atoms with E-state index in [9.17, 15) is 29.4 Å². The van der Waals surface area contributed by atoms with E-state index in [0.717, 1.165) is 22.7 Å². The quantitative estimate of drug-likeness (QED) is 0.387. The van der Waals surface area contributed by atoms with Crippen LogP contribution < -0.4 is 0 Å². The van der Waals surface area contributed by atoms with Crippen LogP contribution in [0.4, 0.5) is 4.79 Å². The van der Waals surface area contributed by atoms with Crippen LogP contribution in [0.2, 0.25) is 10.0 Å². The number of carboxylic acid groups (broad SMARTS) is 2.